The number of rotatable bonds is 6. The number of nitrogens with zero attached hydrogens (tertiary/aromatic N) is 1. The van der Waals surface area contributed by atoms with Gasteiger partial charge < -0.3 is 10.2 Å². The Morgan fingerprint density at radius 2 is 2.00 bits per heavy atom. The molecule has 2 amide bonds. The summed E-state index contributed by atoms with van der Waals surface area (Å²) < 4.78 is 0. The lowest BCUT2D eigenvalue weighted by molar-refractivity contribution is -0.128. The minimum atomic E-state index is -0.110. The Bertz CT molecular complexity index is 789. The first-order valence-corrected chi connectivity index (χ1v) is 9.37. The molecule has 0 spiro atoms. The van der Waals surface area contributed by atoms with Gasteiger partial charge in [0.2, 0.25) is 5.91 Å². The van der Waals surface area contributed by atoms with Crippen molar-refractivity contribution in [2.45, 2.75) is 38.8 Å². The van der Waals surface area contributed by atoms with Crippen LogP contribution in [0.25, 0.3) is 0 Å². The number of hydrogen-bond acceptors (Lipinski definition) is 2. The molecule has 0 aliphatic carbocycles. The lowest BCUT2D eigenvalue weighted by Crippen LogP contribution is -2.28. The largest absolute Gasteiger partial charge is 0.345 e. The maximum Gasteiger partial charge on any atom is 0.251 e. The van der Waals surface area contributed by atoms with E-state index >= 15 is 0 Å². The number of carbonyl (C=O) groups is 2. The number of hydrogen-bond donors (Lipinski definition) is 1. The fourth-order valence-electron chi connectivity index (χ4n) is 3.26. The first kappa shape index (κ1) is 18.5. The number of amides is 2. The zero-order valence-electron chi connectivity index (χ0n) is 14.9. The van der Waals surface area contributed by atoms with Gasteiger partial charge in [-0.25, -0.2) is 0 Å². The molecular formula is C21H23ClN2O2. The van der Waals surface area contributed by atoms with E-state index in [-0.39, 0.29) is 17.9 Å². The van der Waals surface area contributed by atoms with Crippen molar-refractivity contribution in [3.63, 3.8) is 0 Å². The van der Waals surface area contributed by atoms with Gasteiger partial charge in [0.1, 0.15) is 0 Å². The highest BCUT2D eigenvalue weighted by molar-refractivity contribution is 6.30. The topological polar surface area (TPSA) is 49.4 Å². The third kappa shape index (κ3) is 4.44. The normalized spacial score (nSPS) is 15.2. The first-order valence-electron chi connectivity index (χ1n) is 9.00. The zero-order chi connectivity index (χ0) is 18.5. The number of halogens is 1. The maximum atomic E-state index is 12.7. The predicted molar refractivity (Wildman–Crippen MR) is 103 cm³/mol. The van der Waals surface area contributed by atoms with Crippen molar-refractivity contribution in [3.8, 4) is 0 Å². The van der Waals surface area contributed by atoms with Crippen LogP contribution in [0.3, 0.4) is 0 Å². The fourth-order valence-corrected chi connectivity index (χ4v) is 3.39. The van der Waals surface area contributed by atoms with E-state index in [0.29, 0.717) is 23.6 Å². The molecule has 1 aliphatic heterocycles. The van der Waals surface area contributed by atoms with Gasteiger partial charge in [-0.2, -0.15) is 0 Å². The molecule has 5 heteroatoms. The van der Waals surface area contributed by atoms with Crippen LogP contribution in [0.5, 0.6) is 0 Å². The highest BCUT2D eigenvalue weighted by Crippen LogP contribution is 2.20. The fraction of sp³-hybridized carbons (Fsp3) is 0.333. The van der Waals surface area contributed by atoms with Crippen molar-refractivity contribution in [2.75, 3.05) is 6.54 Å². The highest BCUT2D eigenvalue weighted by atomic mass is 35.5. The Kier molecular flexibility index (Phi) is 5.94. The Labute approximate surface area is 159 Å². The van der Waals surface area contributed by atoms with Gasteiger partial charge in [-0.05, 0) is 48.2 Å². The van der Waals surface area contributed by atoms with E-state index in [1.807, 2.05) is 54.3 Å². The quantitative estimate of drug-likeness (QED) is 0.822. The predicted octanol–water partition coefficient (Wildman–Crippen LogP) is 4.34. The van der Waals surface area contributed by atoms with Crippen molar-refractivity contribution in [1.82, 2.24) is 10.2 Å². The van der Waals surface area contributed by atoms with Crippen LogP contribution in [0, 0.1) is 0 Å². The molecule has 1 atom stereocenters. The molecular weight excluding hydrogens is 348 g/mol. The zero-order valence-corrected chi connectivity index (χ0v) is 15.6. The van der Waals surface area contributed by atoms with E-state index in [9.17, 15) is 9.59 Å². The van der Waals surface area contributed by atoms with Crippen LogP contribution in [-0.4, -0.2) is 23.3 Å². The second kappa shape index (κ2) is 8.37. The molecule has 0 saturated carbocycles. The summed E-state index contributed by atoms with van der Waals surface area (Å²) in [7, 11) is 0. The summed E-state index contributed by atoms with van der Waals surface area (Å²) >= 11 is 5.94. The van der Waals surface area contributed by atoms with E-state index in [1.165, 1.54) is 0 Å². The molecule has 0 bridgehead atoms. The number of nitrogens with one attached hydrogen (secondary N) is 1. The van der Waals surface area contributed by atoms with E-state index < -0.39 is 0 Å². The maximum absolute atomic E-state index is 12.7. The smallest absolute Gasteiger partial charge is 0.251 e. The monoisotopic (exact) mass is 370 g/mol. The molecule has 3 rings (SSSR count). The molecule has 0 radical (unpaired) electrons. The average molecular weight is 371 g/mol. The van der Waals surface area contributed by atoms with Gasteiger partial charge in [0, 0.05) is 30.1 Å². The molecule has 136 valence electrons. The molecule has 2 aromatic rings. The molecule has 1 saturated heterocycles. The Morgan fingerprint density at radius 3 is 2.65 bits per heavy atom. The third-order valence-corrected chi connectivity index (χ3v) is 4.97. The standard InChI is InChI=1S/C21H23ClN2O2/c1-2-19(16-8-10-18(22)11-9-16)23-21(26)17-6-3-5-15(13-17)14-24-12-4-7-20(24)25/h3,5-6,8-11,13,19H,2,4,7,12,14H2,1H3,(H,23,26). The minimum Gasteiger partial charge on any atom is -0.345 e. The van der Waals surface area contributed by atoms with Gasteiger partial charge in [-0.1, -0.05) is 42.8 Å². The van der Waals surface area contributed by atoms with Gasteiger partial charge in [0.25, 0.3) is 5.91 Å². The van der Waals surface area contributed by atoms with Crippen molar-refractivity contribution < 1.29 is 9.59 Å². The Hall–Kier alpha value is -2.33. The summed E-state index contributed by atoms with van der Waals surface area (Å²) in [5.74, 6) is 0.0787. The van der Waals surface area contributed by atoms with E-state index in [1.54, 1.807) is 6.07 Å². The molecule has 4 nitrogen and oxygen atoms in total. The van der Waals surface area contributed by atoms with Gasteiger partial charge in [-0.15, -0.1) is 0 Å². The van der Waals surface area contributed by atoms with Crippen LogP contribution < -0.4 is 5.32 Å². The van der Waals surface area contributed by atoms with Crippen molar-refractivity contribution in [1.29, 1.82) is 0 Å². The van der Waals surface area contributed by atoms with Crippen molar-refractivity contribution in [2.24, 2.45) is 0 Å². The number of likely N-dealkylation sites (tertiary alicyclic amines) is 1. The summed E-state index contributed by atoms with van der Waals surface area (Å²) in [6.07, 6.45) is 2.33. The molecule has 1 fully saturated rings. The van der Waals surface area contributed by atoms with E-state index in [2.05, 4.69) is 5.32 Å². The molecule has 1 aliphatic rings. The summed E-state index contributed by atoms with van der Waals surface area (Å²) in [6, 6.07) is 15.0. The van der Waals surface area contributed by atoms with Gasteiger partial charge in [0.05, 0.1) is 6.04 Å². The van der Waals surface area contributed by atoms with Gasteiger partial charge in [0.15, 0.2) is 0 Å². The van der Waals surface area contributed by atoms with E-state index in [4.69, 9.17) is 11.6 Å². The number of benzene rings is 2. The second-order valence-electron chi connectivity index (χ2n) is 6.61. The highest BCUT2D eigenvalue weighted by Gasteiger charge is 2.20. The average Bonchev–Trinajstić information content (AvgIpc) is 3.05. The van der Waals surface area contributed by atoms with Crippen LogP contribution in [0.4, 0.5) is 0 Å². The van der Waals surface area contributed by atoms with Crippen LogP contribution in [0.15, 0.2) is 48.5 Å². The van der Waals surface area contributed by atoms with Gasteiger partial charge in [-0.3, -0.25) is 9.59 Å². The molecule has 0 aromatic heterocycles. The third-order valence-electron chi connectivity index (χ3n) is 4.72. The summed E-state index contributed by atoms with van der Waals surface area (Å²) in [6.45, 7) is 3.40. The van der Waals surface area contributed by atoms with Crippen LogP contribution in [0.1, 0.15) is 53.7 Å². The summed E-state index contributed by atoms with van der Waals surface area (Å²) in [5.41, 5.74) is 2.62. The van der Waals surface area contributed by atoms with Crippen LogP contribution in [0.2, 0.25) is 5.02 Å². The van der Waals surface area contributed by atoms with Gasteiger partial charge >= 0.3 is 0 Å². The van der Waals surface area contributed by atoms with Crippen LogP contribution >= 0.6 is 11.6 Å². The Morgan fingerprint density at radius 1 is 1.23 bits per heavy atom. The van der Waals surface area contributed by atoms with Crippen molar-refractivity contribution >= 4 is 23.4 Å². The molecule has 1 unspecified atom stereocenters. The second-order valence-corrected chi connectivity index (χ2v) is 7.04. The molecule has 1 N–H and O–H groups in total. The SMILES string of the molecule is CCC(NC(=O)c1cccc(CN2CCCC2=O)c1)c1ccc(Cl)cc1. The first-order chi connectivity index (χ1) is 12.6. The van der Waals surface area contributed by atoms with Crippen LogP contribution in [-0.2, 0) is 11.3 Å². The number of carbonyl (C=O) groups excluding carboxylic acids is 2. The molecule has 2 aromatic carbocycles. The lowest BCUT2D eigenvalue weighted by atomic mass is 10.0. The summed E-state index contributed by atoms with van der Waals surface area (Å²) in [4.78, 5) is 26.3. The molecule has 1 heterocycles. The minimum absolute atomic E-state index is 0.0661. The van der Waals surface area contributed by atoms with E-state index in [0.717, 1.165) is 30.5 Å². The Balaban J connectivity index is 1.69. The lowest BCUT2D eigenvalue weighted by Gasteiger charge is -2.19. The molecule has 26 heavy (non-hydrogen) atoms. The van der Waals surface area contributed by atoms with Crippen molar-refractivity contribution in [3.05, 3.63) is 70.2 Å². The summed E-state index contributed by atoms with van der Waals surface area (Å²) in [5, 5.41) is 3.77.